The van der Waals surface area contributed by atoms with Gasteiger partial charge in [0.25, 0.3) is 5.91 Å². The van der Waals surface area contributed by atoms with Crippen molar-refractivity contribution in [1.82, 2.24) is 4.37 Å². The van der Waals surface area contributed by atoms with Gasteiger partial charge in [0.15, 0.2) is 0 Å². The summed E-state index contributed by atoms with van der Waals surface area (Å²) in [5, 5.41) is 4.40. The Labute approximate surface area is 154 Å². The molecule has 3 aromatic rings. The van der Waals surface area contributed by atoms with Crippen LogP contribution in [0.2, 0.25) is 5.02 Å². The Morgan fingerprint density at radius 1 is 1.20 bits per heavy atom. The minimum Gasteiger partial charge on any atom is -0.378 e. The second-order valence-corrected chi connectivity index (χ2v) is 6.95. The number of morpholine rings is 1. The lowest BCUT2D eigenvalue weighted by Gasteiger charge is -2.30. The molecule has 1 amide bonds. The fourth-order valence-corrected chi connectivity index (χ4v) is 3.83. The van der Waals surface area contributed by atoms with Gasteiger partial charge in [-0.15, -0.1) is 0 Å². The lowest BCUT2D eigenvalue weighted by atomic mass is 10.2. The maximum atomic E-state index is 12.8. The predicted molar refractivity (Wildman–Crippen MR) is 102 cm³/mol. The second-order valence-electron chi connectivity index (χ2n) is 5.74. The van der Waals surface area contributed by atoms with E-state index in [0.717, 1.165) is 35.4 Å². The van der Waals surface area contributed by atoms with Crippen LogP contribution in [0.3, 0.4) is 0 Å². The summed E-state index contributed by atoms with van der Waals surface area (Å²) >= 11 is 7.25. The Morgan fingerprint density at radius 3 is 2.84 bits per heavy atom. The molecule has 7 heteroatoms. The lowest BCUT2D eigenvalue weighted by Crippen LogP contribution is -2.36. The molecule has 4 rings (SSSR count). The molecule has 0 spiro atoms. The highest BCUT2D eigenvalue weighted by Gasteiger charge is 2.19. The van der Waals surface area contributed by atoms with Crippen LogP contribution in [-0.2, 0) is 4.74 Å². The highest BCUT2D eigenvalue weighted by Crippen LogP contribution is 2.30. The van der Waals surface area contributed by atoms with Gasteiger partial charge in [-0.3, -0.25) is 4.79 Å². The maximum absolute atomic E-state index is 12.8. The molecule has 0 unspecified atom stereocenters. The van der Waals surface area contributed by atoms with Gasteiger partial charge in [-0.25, -0.2) is 0 Å². The van der Waals surface area contributed by atoms with Crippen molar-refractivity contribution in [2.75, 3.05) is 36.5 Å². The standard InChI is InChI=1S/C18H16ClN3O2S/c19-12-5-6-14-13(11-12)17(25-21-14)18(23)20-15-3-1-2-4-16(15)22-7-9-24-10-8-22/h1-6,11H,7-10H2,(H,20,23). The number of hydrogen-bond acceptors (Lipinski definition) is 5. The first-order valence-electron chi connectivity index (χ1n) is 8.00. The minimum atomic E-state index is -0.171. The lowest BCUT2D eigenvalue weighted by molar-refractivity contribution is 0.103. The summed E-state index contributed by atoms with van der Waals surface area (Å²) in [5.41, 5.74) is 2.57. The molecule has 0 saturated carbocycles. The third-order valence-electron chi connectivity index (χ3n) is 4.15. The number of aromatic nitrogens is 1. The number of benzene rings is 2. The molecule has 0 bridgehead atoms. The van der Waals surface area contributed by atoms with Crippen molar-refractivity contribution in [1.29, 1.82) is 0 Å². The van der Waals surface area contributed by atoms with E-state index >= 15 is 0 Å². The van der Waals surface area contributed by atoms with Crippen molar-refractivity contribution in [2.24, 2.45) is 0 Å². The molecule has 25 heavy (non-hydrogen) atoms. The van der Waals surface area contributed by atoms with Gasteiger partial charge in [-0.2, -0.15) is 4.37 Å². The fourth-order valence-electron chi connectivity index (χ4n) is 2.92. The van der Waals surface area contributed by atoms with Gasteiger partial charge < -0.3 is 15.0 Å². The van der Waals surface area contributed by atoms with Crippen LogP contribution < -0.4 is 10.2 Å². The van der Waals surface area contributed by atoms with E-state index in [1.54, 1.807) is 12.1 Å². The fraction of sp³-hybridized carbons (Fsp3) is 0.222. The number of anilines is 2. The summed E-state index contributed by atoms with van der Waals surface area (Å²) in [6.45, 7) is 3.01. The van der Waals surface area contributed by atoms with Crippen molar-refractivity contribution >= 4 is 51.3 Å². The van der Waals surface area contributed by atoms with Gasteiger partial charge in [0.1, 0.15) is 4.88 Å². The van der Waals surface area contributed by atoms with Gasteiger partial charge in [-0.05, 0) is 41.9 Å². The molecule has 5 nitrogen and oxygen atoms in total. The molecule has 1 saturated heterocycles. The third-order valence-corrected chi connectivity index (χ3v) is 5.26. The van der Waals surface area contributed by atoms with Crippen LogP contribution >= 0.6 is 23.1 Å². The number of nitrogens with zero attached hydrogens (tertiary/aromatic N) is 2. The van der Waals surface area contributed by atoms with Crippen LogP contribution in [0.5, 0.6) is 0 Å². The summed E-state index contributed by atoms with van der Waals surface area (Å²) in [6.07, 6.45) is 0. The Bertz CT molecular complexity index is 922. The van der Waals surface area contributed by atoms with E-state index in [9.17, 15) is 4.79 Å². The number of hydrogen-bond donors (Lipinski definition) is 1. The molecule has 0 radical (unpaired) electrons. The minimum absolute atomic E-state index is 0.171. The van der Waals surface area contributed by atoms with E-state index in [-0.39, 0.29) is 5.91 Å². The number of carbonyl (C=O) groups excluding carboxylic acids is 1. The van der Waals surface area contributed by atoms with Gasteiger partial charge >= 0.3 is 0 Å². The number of rotatable bonds is 3. The summed E-state index contributed by atoms with van der Waals surface area (Å²) in [5.74, 6) is -0.171. The zero-order chi connectivity index (χ0) is 17.2. The molecule has 128 valence electrons. The number of fused-ring (bicyclic) bond motifs is 1. The van der Waals surface area contributed by atoms with Crippen LogP contribution in [0.1, 0.15) is 9.67 Å². The molecular formula is C18H16ClN3O2S. The van der Waals surface area contributed by atoms with Crippen molar-refractivity contribution in [3.8, 4) is 0 Å². The van der Waals surface area contributed by atoms with Crippen LogP contribution in [0.15, 0.2) is 42.5 Å². The number of ether oxygens (including phenoxy) is 1. The van der Waals surface area contributed by atoms with Gasteiger partial charge in [-0.1, -0.05) is 23.7 Å². The zero-order valence-electron chi connectivity index (χ0n) is 13.4. The average Bonchev–Trinajstić information content (AvgIpc) is 3.06. The zero-order valence-corrected chi connectivity index (χ0v) is 14.9. The van der Waals surface area contributed by atoms with E-state index in [2.05, 4.69) is 14.6 Å². The molecule has 2 heterocycles. The summed E-state index contributed by atoms with van der Waals surface area (Å²) in [7, 11) is 0. The van der Waals surface area contributed by atoms with Gasteiger partial charge in [0.2, 0.25) is 0 Å². The van der Waals surface area contributed by atoms with Crippen molar-refractivity contribution < 1.29 is 9.53 Å². The first-order valence-corrected chi connectivity index (χ1v) is 9.15. The molecule has 1 aromatic heterocycles. The van der Waals surface area contributed by atoms with Gasteiger partial charge in [0.05, 0.1) is 30.1 Å². The predicted octanol–water partition coefficient (Wildman–Crippen LogP) is 4.04. The Kier molecular flexibility index (Phi) is 4.57. The van der Waals surface area contributed by atoms with Crippen LogP contribution in [0.25, 0.3) is 10.9 Å². The quantitative estimate of drug-likeness (QED) is 0.752. The first-order chi connectivity index (χ1) is 12.2. The normalized spacial score (nSPS) is 14.7. The highest BCUT2D eigenvalue weighted by atomic mass is 35.5. The number of para-hydroxylation sites is 2. The topological polar surface area (TPSA) is 54.5 Å². The molecule has 1 fully saturated rings. The summed E-state index contributed by atoms with van der Waals surface area (Å²) < 4.78 is 9.74. The first kappa shape index (κ1) is 16.3. The number of amides is 1. The van der Waals surface area contributed by atoms with Gasteiger partial charge in [0, 0.05) is 23.5 Å². The van der Waals surface area contributed by atoms with E-state index in [4.69, 9.17) is 16.3 Å². The molecule has 1 aliphatic rings. The summed E-state index contributed by atoms with van der Waals surface area (Å²) in [4.78, 5) is 15.6. The summed E-state index contributed by atoms with van der Waals surface area (Å²) in [6, 6.07) is 13.2. The molecule has 0 aliphatic carbocycles. The van der Waals surface area contributed by atoms with E-state index in [1.807, 2.05) is 30.3 Å². The molecule has 0 atom stereocenters. The average molecular weight is 374 g/mol. The molecule has 2 aromatic carbocycles. The molecule has 1 N–H and O–H groups in total. The Balaban J connectivity index is 1.63. The van der Waals surface area contributed by atoms with E-state index in [0.29, 0.717) is 23.1 Å². The van der Waals surface area contributed by atoms with Crippen LogP contribution in [0.4, 0.5) is 11.4 Å². The van der Waals surface area contributed by atoms with E-state index in [1.165, 1.54) is 11.5 Å². The molecular weight excluding hydrogens is 358 g/mol. The van der Waals surface area contributed by atoms with Crippen molar-refractivity contribution in [2.45, 2.75) is 0 Å². The number of halogens is 1. The van der Waals surface area contributed by atoms with Crippen molar-refractivity contribution in [3.63, 3.8) is 0 Å². The van der Waals surface area contributed by atoms with Crippen molar-refractivity contribution in [3.05, 3.63) is 52.4 Å². The SMILES string of the molecule is O=C(Nc1ccccc1N1CCOCC1)c1snc2ccc(Cl)cc12. The number of nitrogens with one attached hydrogen (secondary N) is 1. The molecule has 1 aliphatic heterocycles. The number of carbonyl (C=O) groups is 1. The van der Waals surface area contributed by atoms with Crippen LogP contribution in [-0.4, -0.2) is 36.6 Å². The third kappa shape index (κ3) is 3.33. The van der Waals surface area contributed by atoms with Crippen LogP contribution in [0, 0.1) is 0 Å². The highest BCUT2D eigenvalue weighted by molar-refractivity contribution is 7.09. The Morgan fingerprint density at radius 2 is 2.00 bits per heavy atom. The Hall–Kier alpha value is -2.15. The van der Waals surface area contributed by atoms with E-state index < -0.39 is 0 Å². The monoisotopic (exact) mass is 373 g/mol. The smallest absolute Gasteiger partial charge is 0.268 e. The second kappa shape index (κ2) is 7.00. The maximum Gasteiger partial charge on any atom is 0.268 e. The largest absolute Gasteiger partial charge is 0.378 e.